The van der Waals surface area contributed by atoms with E-state index in [1.807, 2.05) is 25.1 Å². The Morgan fingerprint density at radius 3 is 2.74 bits per heavy atom. The molecule has 0 radical (unpaired) electrons. The van der Waals surface area contributed by atoms with Crippen molar-refractivity contribution in [3.63, 3.8) is 0 Å². The van der Waals surface area contributed by atoms with Gasteiger partial charge in [-0.1, -0.05) is 59.8 Å². The minimum Gasteiger partial charge on any atom is -0.467 e. The summed E-state index contributed by atoms with van der Waals surface area (Å²) in [4.78, 5) is 27.9. The standard InChI is InChI=1S/C25H16ClNO4S3/c1-14-4-9-18-19(11-14)33-22(21(18)26)24(29)31-16-7-5-15(6-8-16)12-20-23(28)27(25(32)34-20)13-17-3-2-10-30-17/h2-12H,13H2,1H3/b20-12-. The number of furan rings is 1. The van der Waals surface area contributed by atoms with Crippen LogP contribution in [0.5, 0.6) is 5.75 Å². The van der Waals surface area contributed by atoms with Gasteiger partial charge in [0.2, 0.25) is 0 Å². The molecule has 34 heavy (non-hydrogen) atoms. The average molecular weight is 526 g/mol. The highest BCUT2D eigenvalue weighted by Crippen LogP contribution is 2.37. The molecule has 0 unspecified atom stereocenters. The number of nitrogens with zero attached hydrogens (tertiary/aromatic N) is 1. The van der Waals surface area contributed by atoms with Gasteiger partial charge in [-0.05, 0) is 54.5 Å². The van der Waals surface area contributed by atoms with Gasteiger partial charge in [-0.25, -0.2) is 4.79 Å². The third-order valence-corrected chi connectivity index (χ3v) is 8.14. The first-order valence-electron chi connectivity index (χ1n) is 10.2. The largest absolute Gasteiger partial charge is 0.467 e. The van der Waals surface area contributed by atoms with Crippen LogP contribution < -0.4 is 4.74 Å². The van der Waals surface area contributed by atoms with Crippen LogP contribution in [0, 0.1) is 6.92 Å². The lowest BCUT2D eigenvalue weighted by atomic mass is 10.2. The van der Waals surface area contributed by atoms with Gasteiger partial charge in [-0.15, -0.1) is 11.3 Å². The third-order valence-electron chi connectivity index (χ3n) is 5.13. The summed E-state index contributed by atoms with van der Waals surface area (Å²) in [6.07, 6.45) is 3.32. The summed E-state index contributed by atoms with van der Waals surface area (Å²) in [5.41, 5.74) is 1.88. The number of hydrogen-bond donors (Lipinski definition) is 0. The van der Waals surface area contributed by atoms with Crippen LogP contribution in [-0.4, -0.2) is 21.1 Å². The van der Waals surface area contributed by atoms with Gasteiger partial charge in [-0.2, -0.15) is 0 Å². The van der Waals surface area contributed by atoms with Gasteiger partial charge in [0, 0.05) is 10.1 Å². The average Bonchev–Trinajstić information content (AvgIpc) is 3.51. The van der Waals surface area contributed by atoms with E-state index in [9.17, 15) is 9.59 Å². The number of carbonyl (C=O) groups is 2. The molecule has 1 amide bonds. The summed E-state index contributed by atoms with van der Waals surface area (Å²) < 4.78 is 12.3. The van der Waals surface area contributed by atoms with E-state index in [-0.39, 0.29) is 5.91 Å². The number of thiophene rings is 1. The van der Waals surface area contributed by atoms with Crippen molar-refractivity contribution in [3.05, 3.63) is 92.6 Å². The fraction of sp³-hybridized carbons (Fsp3) is 0.0800. The maximum absolute atomic E-state index is 12.8. The Balaban J connectivity index is 1.29. The quantitative estimate of drug-likeness (QED) is 0.120. The molecule has 5 nitrogen and oxygen atoms in total. The molecule has 0 aliphatic carbocycles. The van der Waals surface area contributed by atoms with Gasteiger partial charge in [0.25, 0.3) is 5.91 Å². The maximum Gasteiger partial charge on any atom is 0.355 e. The minimum absolute atomic E-state index is 0.170. The smallest absolute Gasteiger partial charge is 0.355 e. The van der Waals surface area contributed by atoms with Crippen molar-refractivity contribution < 1.29 is 18.7 Å². The van der Waals surface area contributed by atoms with Gasteiger partial charge in [0.05, 0.1) is 22.7 Å². The Bertz CT molecular complexity index is 1460. The SMILES string of the molecule is Cc1ccc2c(Cl)c(C(=O)Oc3ccc(/C=C4\SC(=S)N(Cc5ccco5)C4=O)cc3)sc2c1. The Kier molecular flexibility index (Phi) is 6.31. The first-order valence-corrected chi connectivity index (χ1v) is 12.6. The molecule has 9 heteroatoms. The van der Waals surface area contributed by atoms with E-state index < -0.39 is 5.97 Å². The Morgan fingerprint density at radius 1 is 1.21 bits per heavy atom. The van der Waals surface area contributed by atoms with Crippen LogP contribution in [0.4, 0.5) is 0 Å². The van der Waals surface area contributed by atoms with E-state index in [0.29, 0.717) is 37.2 Å². The van der Waals surface area contributed by atoms with Crippen LogP contribution in [0.25, 0.3) is 16.2 Å². The lowest BCUT2D eigenvalue weighted by Crippen LogP contribution is -2.27. The molecule has 0 saturated carbocycles. The number of hydrogen-bond acceptors (Lipinski definition) is 7. The number of ether oxygens (including phenoxy) is 1. The van der Waals surface area contributed by atoms with Crippen LogP contribution in [-0.2, 0) is 11.3 Å². The van der Waals surface area contributed by atoms with Gasteiger partial charge in [-0.3, -0.25) is 9.69 Å². The number of carbonyl (C=O) groups excluding carboxylic acids is 2. The lowest BCUT2D eigenvalue weighted by molar-refractivity contribution is -0.122. The normalized spacial score (nSPS) is 15.0. The second kappa shape index (κ2) is 9.38. The molecule has 1 aliphatic rings. The van der Waals surface area contributed by atoms with E-state index in [1.165, 1.54) is 28.0 Å². The Hall–Kier alpha value is -2.91. The highest BCUT2D eigenvalue weighted by Gasteiger charge is 2.32. The number of fused-ring (bicyclic) bond motifs is 1. The number of rotatable bonds is 5. The summed E-state index contributed by atoms with van der Waals surface area (Å²) in [5, 5.41) is 1.24. The number of thioether (sulfide) groups is 1. The predicted molar refractivity (Wildman–Crippen MR) is 140 cm³/mol. The highest BCUT2D eigenvalue weighted by molar-refractivity contribution is 8.26. The molecule has 2 aromatic carbocycles. The van der Waals surface area contributed by atoms with Crippen LogP contribution >= 0.6 is 46.9 Å². The molecule has 1 aliphatic heterocycles. The number of amides is 1. The van der Waals surface area contributed by atoms with Crippen LogP contribution in [0.2, 0.25) is 5.02 Å². The number of thiocarbonyl (C=S) groups is 1. The molecule has 0 atom stereocenters. The third kappa shape index (κ3) is 4.54. The predicted octanol–water partition coefficient (Wildman–Crippen LogP) is 7.08. The zero-order valence-corrected chi connectivity index (χ0v) is 20.9. The van der Waals surface area contributed by atoms with Gasteiger partial charge in [0.15, 0.2) is 0 Å². The van der Waals surface area contributed by atoms with E-state index >= 15 is 0 Å². The van der Waals surface area contributed by atoms with Gasteiger partial charge >= 0.3 is 5.97 Å². The molecule has 5 rings (SSSR count). The molecule has 4 aromatic rings. The molecule has 170 valence electrons. The molecule has 2 aromatic heterocycles. The van der Waals surface area contributed by atoms with Crippen molar-refractivity contribution in [1.82, 2.24) is 4.90 Å². The molecule has 1 saturated heterocycles. The van der Waals surface area contributed by atoms with Crippen LogP contribution in [0.15, 0.2) is 70.2 Å². The highest BCUT2D eigenvalue weighted by atomic mass is 35.5. The van der Waals surface area contributed by atoms with E-state index in [4.69, 9.17) is 33.0 Å². The zero-order valence-electron chi connectivity index (χ0n) is 17.7. The zero-order chi connectivity index (χ0) is 23.8. The van der Waals surface area contributed by atoms with E-state index in [2.05, 4.69) is 0 Å². The molecule has 0 N–H and O–H groups in total. The minimum atomic E-state index is -0.504. The summed E-state index contributed by atoms with van der Waals surface area (Å²) in [5.74, 6) is 0.377. The summed E-state index contributed by atoms with van der Waals surface area (Å²) >= 11 is 14.3. The van der Waals surface area contributed by atoms with E-state index in [1.54, 1.807) is 48.7 Å². The van der Waals surface area contributed by atoms with Crippen molar-refractivity contribution in [2.45, 2.75) is 13.5 Å². The summed E-state index contributed by atoms with van der Waals surface area (Å²) in [6, 6.07) is 16.3. The summed E-state index contributed by atoms with van der Waals surface area (Å²) in [6.45, 7) is 2.29. The van der Waals surface area contributed by atoms with Gasteiger partial charge in [0.1, 0.15) is 20.7 Å². The Morgan fingerprint density at radius 2 is 2.00 bits per heavy atom. The molecule has 0 bridgehead atoms. The van der Waals surface area contributed by atoms with Crippen molar-refractivity contribution in [2.24, 2.45) is 0 Å². The van der Waals surface area contributed by atoms with Crippen molar-refractivity contribution >= 4 is 79.3 Å². The first-order chi connectivity index (χ1) is 16.4. The number of halogens is 1. The van der Waals surface area contributed by atoms with E-state index in [0.717, 1.165) is 21.2 Å². The molecule has 0 spiro atoms. The van der Waals surface area contributed by atoms with Crippen molar-refractivity contribution in [1.29, 1.82) is 0 Å². The number of aryl methyl sites for hydroxylation is 1. The topological polar surface area (TPSA) is 59.8 Å². The maximum atomic E-state index is 12.8. The molecule has 3 heterocycles. The monoisotopic (exact) mass is 525 g/mol. The van der Waals surface area contributed by atoms with Gasteiger partial charge < -0.3 is 9.15 Å². The fourth-order valence-electron chi connectivity index (χ4n) is 3.44. The second-order valence-corrected chi connectivity index (χ2v) is 10.7. The second-order valence-electron chi connectivity index (χ2n) is 7.55. The van der Waals surface area contributed by atoms with Crippen molar-refractivity contribution in [2.75, 3.05) is 0 Å². The first kappa shape index (κ1) is 22.9. The molecule has 1 fully saturated rings. The fourth-order valence-corrected chi connectivity index (χ4v) is 6.17. The number of esters is 1. The van der Waals surface area contributed by atoms with Crippen molar-refractivity contribution in [3.8, 4) is 5.75 Å². The molecular formula is C25H16ClNO4S3. The van der Waals surface area contributed by atoms with Crippen LogP contribution in [0.3, 0.4) is 0 Å². The number of benzene rings is 2. The van der Waals surface area contributed by atoms with Crippen LogP contribution in [0.1, 0.15) is 26.6 Å². The lowest BCUT2D eigenvalue weighted by Gasteiger charge is -2.11. The Labute approximate surface area is 214 Å². The molecular weight excluding hydrogens is 510 g/mol. The summed E-state index contributed by atoms with van der Waals surface area (Å²) in [7, 11) is 0.